The summed E-state index contributed by atoms with van der Waals surface area (Å²) in [6, 6.07) is 7.82. The average molecular weight is 177 g/mol. The van der Waals surface area contributed by atoms with Gasteiger partial charge in [-0.3, -0.25) is 10.1 Å². The van der Waals surface area contributed by atoms with Gasteiger partial charge in [-0.1, -0.05) is 0 Å². The summed E-state index contributed by atoms with van der Waals surface area (Å²) in [4.78, 5) is 9.79. The molecule has 0 atom stereocenters. The van der Waals surface area contributed by atoms with E-state index in [0.29, 0.717) is 5.69 Å². The number of nitrogens with one attached hydrogen (secondary N) is 1. The third-order valence-corrected chi connectivity index (χ3v) is 1.45. The Bertz CT molecular complexity index is 339. The second kappa shape index (κ2) is 4.07. The molecule has 0 amide bonds. The molecule has 0 aliphatic heterocycles. The van der Waals surface area contributed by atoms with Crippen molar-refractivity contribution in [1.82, 2.24) is 0 Å². The summed E-state index contributed by atoms with van der Waals surface area (Å²) in [7, 11) is 0. The summed E-state index contributed by atoms with van der Waals surface area (Å²) in [6.45, 7) is 0.192. The van der Waals surface area contributed by atoms with Crippen LogP contribution in [-0.2, 0) is 0 Å². The number of rotatable bonds is 3. The lowest BCUT2D eigenvalue weighted by Crippen LogP contribution is -1.97. The molecule has 5 heteroatoms. The third kappa shape index (κ3) is 2.45. The van der Waals surface area contributed by atoms with Crippen LogP contribution in [0, 0.1) is 21.4 Å². The topological polar surface area (TPSA) is 79.0 Å². The monoisotopic (exact) mass is 177 g/mol. The molecule has 5 nitrogen and oxygen atoms in total. The molecule has 0 aromatic heterocycles. The van der Waals surface area contributed by atoms with Gasteiger partial charge in [0, 0.05) is 17.8 Å². The lowest BCUT2D eigenvalue weighted by molar-refractivity contribution is -0.384. The first kappa shape index (κ1) is 9.00. The predicted octanol–water partition coefficient (Wildman–Crippen LogP) is 1.53. The highest BCUT2D eigenvalue weighted by Crippen LogP contribution is 2.14. The summed E-state index contributed by atoms with van der Waals surface area (Å²) < 4.78 is 0. The van der Waals surface area contributed by atoms with E-state index in [1.807, 2.05) is 6.07 Å². The molecule has 0 aliphatic carbocycles. The molecular formula is C8H7N3O2. The largest absolute Gasteiger partial charge is 0.372 e. The fourth-order valence-corrected chi connectivity index (χ4v) is 0.843. The van der Waals surface area contributed by atoms with Crippen LogP contribution < -0.4 is 5.32 Å². The van der Waals surface area contributed by atoms with Crippen molar-refractivity contribution in [2.75, 3.05) is 11.9 Å². The summed E-state index contributed by atoms with van der Waals surface area (Å²) in [6.07, 6.45) is 0. The Hall–Kier alpha value is -2.09. The van der Waals surface area contributed by atoms with Crippen molar-refractivity contribution in [2.24, 2.45) is 0 Å². The second-order valence-corrected chi connectivity index (χ2v) is 2.32. The summed E-state index contributed by atoms with van der Waals surface area (Å²) in [5.74, 6) is 0. The van der Waals surface area contributed by atoms with Crippen LogP contribution in [0.3, 0.4) is 0 Å². The van der Waals surface area contributed by atoms with Gasteiger partial charge in [0.25, 0.3) is 5.69 Å². The van der Waals surface area contributed by atoms with Crippen molar-refractivity contribution in [1.29, 1.82) is 5.26 Å². The first-order valence-electron chi connectivity index (χ1n) is 3.59. The van der Waals surface area contributed by atoms with Crippen LogP contribution >= 0.6 is 0 Å². The van der Waals surface area contributed by atoms with Gasteiger partial charge in [0.05, 0.1) is 11.0 Å². The number of hydrogen-bond acceptors (Lipinski definition) is 4. The van der Waals surface area contributed by atoms with E-state index < -0.39 is 4.92 Å². The Labute approximate surface area is 74.8 Å². The molecule has 0 bridgehead atoms. The fourth-order valence-electron chi connectivity index (χ4n) is 0.843. The summed E-state index contributed by atoms with van der Waals surface area (Å²) in [5.41, 5.74) is 0.745. The molecule has 0 aliphatic rings. The number of non-ortho nitro benzene ring substituents is 1. The van der Waals surface area contributed by atoms with E-state index >= 15 is 0 Å². The zero-order valence-corrected chi connectivity index (χ0v) is 6.73. The number of nitriles is 1. The number of benzene rings is 1. The Balaban J connectivity index is 2.71. The van der Waals surface area contributed by atoms with E-state index in [1.165, 1.54) is 12.1 Å². The van der Waals surface area contributed by atoms with Gasteiger partial charge in [-0.2, -0.15) is 5.26 Å². The van der Waals surface area contributed by atoms with Gasteiger partial charge >= 0.3 is 0 Å². The van der Waals surface area contributed by atoms with E-state index in [2.05, 4.69) is 5.32 Å². The van der Waals surface area contributed by atoms with E-state index in [1.54, 1.807) is 12.1 Å². The van der Waals surface area contributed by atoms with Crippen LogP contribution in [0.5, 0.6) is 0 Å². The normalized spacial score (nSPS) is 8.85. The van der Waals surface area contributed by atoms with Gasteiger partial charge in [0.2, 0.25) is 0 Å². The molecule has 1 aromatic carbocycles. The van der Waals surface area contributed by atoms with Crippen LogP contribution in [0.15, 0.2) is 24.3 Å². The zero-order chi connectivity index (χ0) is 9.68. The summed E-state index contributed by atoms with van der Waals surface area (Å²) >= 11 is 0. The number of anilines is 1. The van der Waals surface area contributed by atoms with E-state index in [9.17, 15) is 10.1 Å². The molecule has 0 saturated carbocycles. The van der Waals surface area contributed by atoms with Crippen LogP contribution in [0.4, 0.5) is 11.4 Å². The van der Waals surface area contributed by atoms with E-state index in [4.69, 9.17) is 5.26 Å². The van der Waals surface area contributed by atoms with Crippen LogP contribution in [-0.4, -0.2) is 11.5 Å². The maximum absolute atomic E-state index is 10.3. The highest BCUT2D eigenvalue weighted by atomic mass is 16.6. The highest BCUT2D eigenvalue weighted by molar-refractivity contribution is 5.48. The molecule has 0 heterocycles. The SMILES string of the molecule is N#CCNc1ccc([N+](=O)[O-])cc1. The first-order valence-corrected chi connectivity index (χ1v) is 3.59. The zero-order valence-electron chi connectivity index (χ0n) is 6.73. The Morgan fingerprint density at radius 3 is 2.54 bits per heavy atom. The Kier molecular flexibility index (Phi) is 2.82. The fraction of sp³-hybridized carbons (Fsp3) is 0.125. The smallest absolute Gasteiger partial charge is 0.269 e. The van der Waals surface area contributed by atoms with Gasteiger partial charge in [0.1, 0.15) is 6.54 Å². The molecule has 0 saturated heterocycles. The van der Waals surface area contributed by atoms with Crippen molar-refractivity contribution < 1.29 is 4.92 Å². The van der Waals surface area contributed by atoms with E-state index in [0.717, 1.165) is 0 Å². The molecular weight excluding hydrogens is 170 g/mol. The van der Waals surface area contributed by atoms with Crippen LogP contribution in [0.1, 0.15) is 0 Å². The van der Waals surface area contributed by atoms with Gasteiger partial charge in [-0.15, -0.1) is 0 Å². The quantitative estimate of drug-likeness (QED) is 0.431. The lowest BCUT2D eigenvalue weighted by atomic mass is 10.3. The molecule has 66 valence electrons. The van der Waals surface area contributed by atoms with Crippen molar-refractivity contribution in [3.05, 3.63) is 34.4 Å². The molecule has 0 unspecified atom stereocenters. The van der Waals surface area contributed by atoms with Gasteiger partial charge in [-0.25, -0.2) is 0 Å². The maximum Gasteiger partial charge on any atom is 0.269 e. The van der Waals surface area contributed by atoms with Gasteiger partial charge in [-0.05, 0) is 12.1 Å². The Morgan fingerprint density at radius 1 is 1.46 bits per heavy atom. The van der Waals surface area contributed by atoms with Crippen molar-refractivity contribution in [2.45, 2.75) is 0 Å². The maximum atomic E-state index is 10.3. The Morgan fingerprint density at radius 2 is 2.08 bits per heavy atom. The molecule has 13 heavy (non-hydrogen) atoms. The second-order valence-electron chi connectivity index (χ2n) is 2.32. The summed E-state index contributed by atoms with van der Waals surface area (Å²) in [5, 5.41) is 21.3. The average Bonchev–Trinajstić information content (AvgIpc) is 2.15. The molecule has 1 aromatic rings. The molecule has 0 fully saturated rings. The number of nitrogens with zero attached hydrogens (tertiary/aromatic N) is 2. The van der Waals surface area contributed by atoms with Crippen molar-refractivity contribution in [3.63, 3.8) is 0 Å². The number of nitro groups is 1. The third-order valence-electron chi connectivity index (χ3n) is 1.45. The number of nitro benzene ring substituents is 1. The molecule has 0 spiro atoms. The standard InChI is InChI=1S/C8H7N3O2/c9-5-6-10-7-1-3-8(4-2-7)11(12)13/h1-4,10H,6H2. The van der Waals surface area contributed by atoms with Crippen molar-refractivity contribution in [3.8, 4) is 6.07 Å². The minimum Gasteiger partial charge on any atom is -0.372 e. The predicted molar refractivity (Wildman–Crippen MR) is 47.2 cm³/mol. The highest BCUT2D eigenvalue weighted by Gasteiger charge is 2.02. The molecule has 1 rings (SSSR count). The molecule has 1 N–H and O–H groups in total. The van der Waals surface area contributed by atoms with Crippen LogP contribution in [0.25, 0.3) is 0 Å². The van der Waals surface area contributed by atoms with Crippen molar-refractivity contribution >= 4 is 11.4 Å². The minimum atomic E-state index is -0.464. The van der Waals surface area contributed by atoms with Gasteiger partial charge in [0.15, 0.2) is 0 Å². The van der Waals surface area contributed by atoms with Gasteiger partial charge < -0.3 is 5.32 Å². The minimum absolute atomic E-state index is 0.0440. The van der Waals surface area contributed by atoms with Crippen LogP contribution in [0.2, 0.25) is 0 Å². The number of hydrogen-bond donors (Lipinski definition) is 1. The first-order chi connectivity index (χ1) is 6.24. The molecule has 0 radical (unpaired) electrons. The van der Waals surface area contributed by atoms with E-state index in [-0.39, 0.29) is 12.2 Å². The lowest BCUT2D eigenvalue weighted by Gasteiger charge is -1.99.